The van der Waals surface area contributed by atoms with E-state index in [0.717, 1.165) is 28.6 Å². The highest BCUT2D eigenvalue weighted by atomic mass is 32.2. The van der Waals surface area contributed by atoms with Crippen LogP contribution in [0, 0.1) is 6.92 Å². The Labute approximate surface area is 276 Å². The molecular weight excluding hydrogens is 618 g/mol. The zero-order chi connectivity index (χ0) is 33.6. The monoisotopic (exact) mass is 659 g/mol. The molecule has 0 spiro atoms. The predicted molar refractivity (Wildman–Crippen MR) is 184 cm³/mol. The number of hydrogen-bond donors (Lipinski definition) is 3. The molecule has 0 fully saturated rings. The van der Waals surface area contributed by atoms with Gasteiger partial charge in [-0.05, 0) is 85.0 Å². The van der Waals surface area contributed by atoms with Crippen LogP contribution in [0.4, 0.5) is 11.4 Å². The lowest BCUT2D eigenvalue weighted by Gasteiger charge is -2.28. The Morgan fingerprint density at radius 1 is 0.766 bits per heavy atom. The number of sulfonamides is 1. The van der Waals surface area contributed by atoms with Crippen molar-refractivity contribution >= 4 is 33.3 Å². The number of carboxylic acid groups (broad SMARTS) is 1. The molecule has 248 valence electrons. The lowest BCUT2D eigenvalue weighted by Crippen LogP contribution is -2.25. The number of anilines is 2. The number of rotatable bonds is 18. The van der Waals surface area contributed by atoms with E-state index in [4.69, 9.17) is 14.6 Å². The number of aliphatic carboxylic acids is 1. The number of carboxylic acids is 1. The first kappa shape index (κ1) is 34.8. The molecular formula is C36H41N3O7S. The molecule has 1 amide bonds. The van der Waals surface area contributed by atoms with Crippen molar-refractivity contribution in [2.45, 2.75) is 45.7 Å². The summed E-state index contributed by atoms with van der Waals surface area (Å²) in [6.45, 7) is 3.76. The third-order valence-corrected chi connectivity index (χ3v) is 7.83. The van der Waals surface area contributed by atoms with Crippen molar-refractivity contribution in [2.24, 2.45) is 0 Å². The Bertz CT molecular complexity index is 1710. The van der Waals surface area contributed by atoms with E-state index in [9.17, 15) is 18.0 Å². The number of amides is 1. The second-order valence-electron chi connectivity index (χ2n) is 11.2. The van der Waals surface area contributed by atoms with Crippen molar-refractivity contribution in [3.63, 3.8) is 0 Å². The first-order valence-corrected chi connectivity index (χ1v) is 17.3. The zero-order valence-electron chi connectivity index (χ0n) is 26.6. The van der Waals surface area contributed by atoms with Gasteiger partial charge in [0.2, 0.25) is 15.9 Å². The van der Waals surface area contributed by atoms with Gasteiger partial charge in [0.15, 0.2) is 0 Å². The minimum absolute atomic E-state index is 0.0843. The van der Waals surface area contributed by atoms with Gasteiger partial charge in [-0.2, -0.15) is 0 Å². The number of carbonyl (C=O) groups is 2. The molecule has 0 unspecified atom stereocenters. The van der Waals surface area contributed by atoms with Gasteiger partial charge in [-0.25, -0.2) is 8.42 Å². The van der Waals surface area contributed by atoms with Crippen molar-refractivity contribution < 1.29 is 32.6 Å². The normalized spacial score (nSPS) is 11.0. The summed E-state index contributed by atoms with van der Waals surface area (Å²) in [5.41, 5.74) is 4.54. The molecule has 0 bridgehead atoms. The molecule has 4 aromatic rings. The highest BCUT2D eigenvalue weighted by Gasteiger charge is 2.15. The fourth-order valence-corrected chi connectivity index (χ4v) is 5.53. The third kappa shape index (κ3) is 12.0. The number of benzene rings is 4. The van der Waals surface area contributed by atoms with Crippen LogP contribution in [-0.4, -0.2) is 44.8 Å². The minimum atomic E-state index is -3.42. The number of unbranched alkanes of at least 4 members (excludes halogenated alkanes) is 1. The third-order valence-electron chi connectivity index (χ3n) is 7.24. The van der Waals surface area contributed by atoms with E-state index < -0.39 is 16.0 Å². The van der Waals surface area contributed by atoms with Crippen molar-refractivity contribution in [2.75, 3.05) is 29.0 Å². The molecule has 0 saturated carbocycles. The summed E-state index contributed by atoms with van der Waals surface area (Å²) in [5.74, 6) is 0.958. The summed E-state index contributed by atoms with van der Waals surface area (Å²) in [4.78, 5) is 24.5. The maximum Gasteiger partial charge on any atom is 0.305 e. The molecule has 0 aliphatic carbocycles. The van der Waals surface area contributed by atoms with Gasteiger partial charge in [0.25, 0.3) is 0 Å². The Kier molecular flexibility index (Phi) is 12.6. The van der Waals surface area contributed by atoms with Gasteiger partial charge in [-0.1, -0.05) is 48.5 Å². The van der Waals surface area contributed by atoms with Crippen LogP contribution in [0.15, 0.2) is 97.1 Å². The second-order valence-corrected chi connectivity index (χ2v) is 12.9. The van der Waals surface area contributed by atoms with E-state index >= 15 is 0 Å². The number of ether oxygens (including phenoxy) is 2. The van der Waals surface area contributed by atoms with E-state index in [1.807, 2.05) is 85.8 Å². The van der Waals surface area contributed by atoms with Crippen LogP contribution in [0.3, 0.4) is 0 Å². The topological polar surface area (TPSA) is 134 Å². The lowest BCUT2D eigenvalue weighted by atomic mass is 10.1. The second kappa shape index (κ2) is 17.0. The largest absolute Gasteiger partial charge is 0.494 e. The van der Waals surface area contributed by atoms with Crippen molar-refractivity contribution in [1.82, 2.24) is 5.32 Å². The van der Waals surface area contributed by atoms with E-state index in [2.05, 4.69) is 27.1 Å². The predicted octanol–water partition coefficient (Wildman–Crippen LogP) is 6.51. The van der Waals surface area contributed by atoms with Gasteiger partial charge in [0, 0.05) is 31.7 Å². The molecule has 4 aromatic carbocycles. The first-order valence-electron chi connectivity index (χ1n) is 15.4. The molecule has 0 radical (unpaired) electrons. The number of hydrogen-bond acceptors (Lipinski definition) is 7. The van der Waals surface area contributed by atoms with Crippen LogP contribution >= 0.6 is 0 Å². The molecule has 0 aliphatic rings. The van der Waals surface area contributed by atoms with E-state index in [1.165, 1.54) is 0 Å². The molecule has 0 atom stereocenters. The van der Waals surface area contributed by atoms with Crippen LogP contribution in [0.1, 0.15) is 42.4 Å². The minimum Gasteiger partial charge on any atom is -0.494 e. The number of nitrogens with zero attached hydrogens (tertiary/aromatic N) is 1. The quantitative estimate of drug-likeness (QED) is 0.103. The number of carbonyl (C=O) groups excluding carboxylic acids is 1. The van der Waals surface area contributed by atoms with Gasteiger partial charge in [0.1, 0.15) is 17.2 Å². The Morgan fingerprint density at radius 2 is 1.38 bits per heavy atom. The average Bonchev–Trinajstić information content (AvgIpc) is 3.03. The van der Waals surface area contributed by atoms with Crippen LogP contribution in [-0.2, 0) is 32.7 Å². The lowest BCUT2D eigenvalue weighted by molar-refractivity contribution is -0.136. The van der Waals surface area contributed by atoms with Gasteiger partial charge in [-0.3, -0.25) is 14.3 Å². The fraction of sp³-hybridized carbons (Fsp3) is 0.278. The van der Waals surface area contributed by atoms with E-state index in [0.29, 0.717) is 61.9 Å². The fourth-order valence-electron chi connectivity index (χ4n) is 4.90. The molecule has 10 nitrogen and oxygen atoms in total. The van der Waals surface area contributed by atoms with E-state index in [-0.39, 0.29) is 18.9 Å². The maximum atomic E-state index is 12.0. The molecule has 4 rings (SSSR count). The summed E-state index contributed by atoms with van der Waals surface area (Å²) in [5, 5.41) is 11.2. The molecule has 0 saturated heterocycles. The molecule has 47 heavy (non-hydrogen) atoms. The van der Waals surface area contributed by atoms with Gasteiger partial charge in [0.05, 0.1) is 25.0 Å². The van der Waals surface area contributed by atoms with Crippen molar-refractivity contribution in [3.8, 4) is 17.2 Å². The smallest absolute Gasteiger partial charge is 0.305 e. The Morgan fingerprint density at radius 3 is 2.02 bits per heavy atom. The summed E-state index contributed by atoms with van der Waals surface area (Å²) < 4.78 is 38.4. The summed E-state index contributed by atoms with van der Waals surface area (Å²) >= 11 is 0. The SMILES string of the molecule is Cc1c(NS(C)(=O)=O)cccc1N(Cc1ccccc1)Cc1ccc(Oc2ccc(OCCCCC(=O)NCCC(=O)O)cc2)cc1. The number of nitrogens with one attached hydrogen (secondary N) is 2. The zero-order valence-corrected chi connectivity index (χ0v) is 27.5. The van der Waals surface area contributed by atoms with Gasteiger partial charge < -0.3 is 24.8 Å². The van der Waals surface area contributed by atoms with Crippen LogP contribution in [0.5, 0.6) is 17.2 Å². The van der Waals surface area contributed by atoms with Crippen LogP contribution in [0.25, 0.3) is 0 Å². The molecule has 0 aliphatic heterocycles. The van der Waals surface area contributed by atoms with Gasteiger partial charge >= 0.3 is 5.97 Å². The molecule has 3 N–H and O–H groups in total. The Balaban J connectivity index is 1.32. The highest BCUT2D eigenvalue weighted by molar-refractivity contribution is 7.92. The van der Waals surface area contributed by atoms with Crippen LogP contribution in [0.2, 0.25) is 0 Å². The summed E-state index contributed by atoms with van der Waals surface area (Å²) in [6, 6.07) is 31.0. The molecule has 0 aromatic heterocycles. The van der Waals surface area contributed by atoms with Gasteiger partial charge in [-0.15, -0.1) is 0 Å². The summed E-state index contributed by atoms with van der Waals surface area (Å²) in [6.07, 6.45) is 2.74. The van der Waals surface area contributed by atoms with Crippen molar-refractivity contribution in [1.29, 1.82) is 0 Å². The summed E-state index contributed by atoms with van der Waals surface area (Å²) in [7, 11) is -3.42. The molecule has 11 heteroatoms. The average molecular weight is 660 g/mol. The maximum absolute atomic E-state index is 12.0. The highest BCUT2D eigenvalue weighted by Crippen LogP contribution is 2.31. The van der Waals surface area contributed by atoms with E-state index in [1.54, 1.807) is 6.07 Å². The van der Waals surface area contributed by atoms with Crippen LogP contribution < -0.4 is 24.4 Å². The van der Waals surface area contributed by atoms with Crippen molar-refractivity contribution in [3.05, 3.63) is 114 Å². The first-order chi connectivity index (χ1) is 22.6. The molecule has 0 heterocycles. The Hall–Kier alpha value is -5.03. The standard InChI is InChI=1S/C36H41N3O7S/c1-27-33(38-47(2,43)44)11-8-12-34(27)39(25-28-9-4-3-5-10-28)26-29-14-16-31(17-15-29)46-32-20-18-30(19-21-32)45-24-7-6-13-35(40)37-23-22-36(41)42/h3-5,8-12,14-21,38H,6-7,13,22-26H2,1-2H3,(H,37,40)(H,41,42).